The van der Waals surface area contributed by atoms with Crippen LogP contribution >= 0.6 is 0 Å². The normalized spacial score (nSPS) is 12.0. The molecule has 18 heavy (non-hydrogen) atoms. The number of aryl methyl sites for hydroxylation is 1. The first-order chi connectivity index (χ1) is 8.32. The molecule has 0 aliphatic carbocycles. The number of aliphatic hydroxyl groups excluding tert-OH is 1. The van der Waals surface area contributed by atoms with Crippen LogP contribution in [0, 0.1) is 22.9 Å². The number of nitro benzene ring substituents is 1. The van der Waals surface area contributed by atoms with Crippen molar-refractivity contribution in [3.63, 3.8) is 0 Å². The minimum absolute atomic E-state index is 0.0639. The zero-order chi connectivity index (χ0) is 13.9. The van der Waals surface area contributed by atoms with Gasteiger partial charge in [0.05, 0.1) is 11.0 Å². The number of aliphatic hydroxyl groups is 1. The molecule has 0 bridgehead atoms. The first-order valence-electron chi connectivity index (χ1n) is 5.23. The van der Waals surface area contributed by atoms with Crippen LogP contribution in [0.25, 0.3) is 0 Å². The molecule has 0 aromatic heterocycles. The molecule has 7 heteroatoms. The number of benzene rings is 1. The number of nitrogens with one attached hydrogen (secondary N) is 1. The summed E-state index contributed by atoms with van der Waals surface area (Å²) in [7, 11) is 0. The molecule has 2 N–H and O–H groups in total. The molecule has 1 rings (SSSR count). The molecule has 0 saturated heterocycles. The second-order valence-corrected chi connectivity index (χ2v) is 3.94. The Hall–Kier alpha value is -2.02. The van der Waals surface area contributed by atoms with Gasteiger partial charge in [0, 0.05) is 12.1 Å². The number of hydrogen-bond donors (Lipinski definition) is 2. The Morgan fingerprint density at radius 3 is 2.72 bits per heavy atom. The molecule has 1 aromatic rings. The largest absolute Gasteiger partial charge is 0.392 e. The predicted octanol–water partition coefficient (Wildman–Crippen LogP) is 1.15. The maximum atomic E-state index is 13.2. The zero-order valence-electron chi connectivity index (χ0n) is 9.94. The smallest absolute Gasteiger partial charge is 0.285 e. The van der Waals surface area contributed by atoms with Crippen LogP contribution in [0.5, 0.6) is 0 Å². The zero-order valence-corrected chi connectivity index (χ0v) is 9.94. The molecule has 0 spiro atoms. The Morgan fingerprint density at radius 1 is 1.61 bits per heavy atom. The van der Waals surface area contributed by atoms with E-state index in [4.69, 9.17) is 5.11 Å². The monoisotopic (exact) mass is 256 g/mol. The fraction of sp³-hybridized carbons (Fsp3) is 0.364. The van der Waals surface area contributed by atoms with Crippen molar-refractivity contribution in [3.8, 4) is 0 Å². The molecule has 1 atom stereocenters. The number of hydrogen-bond acceptors (Lipinski definition) is 4. The van der Waals surface area contributed by atoms with Gasteiger partial charge in [-0.3, -0.25) is 14.9 Å². The minimum atomic E-state index is -0.789. The number of carbonyl (C=O) groups is 1. The van der Waals surface area contributed by atoms with Crippen molar-refractivity contribution in [2.75, 3.05) is 6.54 Å². The summed E-state index contributed by atoms with van der Waals surface area (Å²) >= 11 is 0. The lowest BCUT2D eigenvalue weighted by Gasteiger charge is -2.08. The van der Waals surface area contributed by atoms with E-state index in [9.17, 15) is 19.3 Å². The highest BCUT2D eigenvalue weighted by Crippen LogP contribution is 2.24. The van der Waals surface area contributed by atoms with Crippen molar-refractivity contribution in [2.24, 2.45) is 0 Å². The number of nitro groups is 1. The fourth-order valence-corrected chi connectivity index (χ4v) is 1.49. The summed E-state index contributed by atoms with van der Waals surface area (Å²) in [5.41, 5.74) is -0.708. The van der Waals surface area contributed by atoms with E-state index in [1.54, 1.807) is 0 Å². The van der Waals surface area contributed by atoms with E-state index in [1.165, 1.54) is 13.8 Å². The van der Waals surface area contributed by atoms with Crippen molar-refractivity contribution in [2.45, 2.75) is 20.0 Å². The van der Waals surface area contributed by atoms with Gasteiger partial charge in [-0.15, -0.1) is 0 Å². The number of carbonyl (C=O) groups excluding carboxylic acids is 1. The Bertz CT molecular complexity index is 488. The summed E-state index contributed by atoms with van der Waals surface area (Å²) in [6.07, 6.45) is -0.789. The molecular weight excluding hydrogens is 243 g/mol. The average Bonchev–Trinajstić information content (AvgIpc) is 2.23. The minimum Gasteiger partial charge on any atom is -0.392 e. The molecule has 6 nitrogen and oxygen atoms in total. The summed E-state index contributed by atoms with van der Waals surface area (Å²) in [4.78, 5) is 21.8. The summed E-state index contributed by atoms with van der Waals surface area (Å²) in [5.74, 6) is -1.51. The Labute approximate surface area is 103 Å². The lowest BCUT2D eigenvalue weighted by molar-refractivity contribution is -0.385. The summed E-state index contributed by atoms with van der Waals surface area (Å²) < 4.78 is 13.2. The number of halogens is 1. The van der Waals surface area contributed by atoms with Crippen LogP contribution in [0.15, 0.2) is 12.1 Å². The fourth-order valence-electron chi connectivity index (χ4n) is 1.49. The van der Waals surface area contributed by atoms with Crippen molar-refractivity contribution in [3.05, 3.63) is 39.2 Å². The summed E-state index contributed by atoms with van der Waals surface area (Å²) in [5, 5.41) is 22.2. The maximum Gasteiger partial charge on any atom is 0.285 e. The van der Waals surface area contributed by atoms with E-state index in [0.29, 0.717) is 0 Å². The molecule has 0 aliphatic rings. The van der Waals surface area contributed by atoms with Crippen LogP contribution in [-0.4, -0.2) is 28.6 Å². The first-order valence-corrected chi connectivity index (χ1v) is 5.23. The maximum absolute atomic E-state index is 13.2. The summed E-state index contributed by atoms with van der Waals surface area (Å²) in [6, 6.07) is 1.80. The van der Waals surface area contributed by atoms with Crippen LogP contribution in [0.3, 0.4) is 0 Å². The van der Waals surface area contributed by atoms with E-state index >= 15 is 0 Å². The van der Waals surface area contributed by atoms with Crippen molar-refractivity contribution < 1.29 is 19.2 Å². The highest BCUT2D eigenvalue weighted by Gasteiger charge is 2.24. The van der Waals surface area contributed by atoms with E-state index < -0.39 is 28.4 Å². The summed E-state index contributed by atoms with van der Waals surface area (Å²) in [6.45, 7) is 2.74. The van der Waals surface area contributed by atoms with Gasteiger partial charge in [-0.25, -0.2) is 4.39 Å². The van der Waals surface area contributed by atoms with E-state index in [1.807, 2.05) is 0 Å². The van der Waals surface area contributed by atoms with Gasteiger partial charge < -0.3 is 10.4 Å². The third-order valence-corrected chi connectivity index (χ3v) is 2.25. The average molecular weight is 256 g/mol. The molecule has 0 aliphatic heterocycles. The molecule has 1 unspecified atom stereocenters. The number of rotatable bonds is 4. The topological polar surface area (TPSA) is 92.5 Å². The number of nitrogens with zero attached hydrogens (tertiary/aromatic N) is 1. The van der Waals surface area contributed by atoms with Gasteiger partial charge in [-0.1, -0.05) is 0 Å². The predicted molar refractivity (Wildman–Crippen MR) is 61.8 cm³/mol. The molecule has 0 saturated carbocycles. The van der Waals surface area contributed by atoms with E-state index in [-0.39, 0.29) is 17.7 Å². The van der Waals surface area contributed by atoms with E-state index in [0.717, 1.165) is 12.1 Å². The van der Waals surface area contributed by atoms with Gasteiger partial charge in [0.25, 0.3) is 11.6 Å². The SMILES string of the molecule is Cc1cc(F)cc(C(=O)NCC(C)O)c1[N+](=O)[O-]. The second kappa shape index (κ2) is 5.54. The Morgan fingerprint density at radius 2 is 2.22 bits per heavy atom. The van der Waals surface area contributed by atoms with Gasteiger partial charge in [0.2, 0.25) is 0 Å². The standard InChI is InChI=1S/C11H13FN2O4/c1-6-3-8(12)4-9(10(6)14(17)18)11(16)13-5-7(2)15/h3-4,7,15H,5H2,1-2H3,(H,13,16). The molecule has 1 amide bonds. The molecular formula is C11H13FN2O4. The van der Waals surface area contributed by atoms with Crippen molar-refractivity contribution >= 4 is 11.6 Å². The van der Waals surface area contributed by atoms with Gasteiger partial charge in [0.15, 0.2) is 0 Å². The molecule has 98 valence electrons. The second-order valence-electron chi connectivity index (χ2n) is 3.94. The third-order valence-electron chi connectivity index (χ3n) is 2.25. The Kier molecular flexibility index (Phi) is 4.33. The van der Waals surface area contributed by atoms with Crippen molar-refractivity contribution in [1.82, 2.24) is 5.32 Å². The lowest BCUT2D eigenvalue weighted by Crippen LogP contribution is -2.31. The van der Waals surface area contributed by atoms with Gasteiger partial charge >= 0.3 is 0 Å². The first kappa shape index (κ1) is 14.0. The van der Waals surface area contributed by atoms with Crippen LogP contribution in [0.4, 0.5) is 10.1 Å². The molecule has 0 heterocycles. The highest BCUT2D eigenvalue weighted by atomic mass is 19.1. The van der Waals surface area contributed by atoms with Crippen LogP contribution in [0.1, 0.15) is 22.8 Å². The molecule has 1 aromatic carbocycles. The molecule has 0 radical (unpaired) electrons. The lowest BCUT2D eigenvalue weighted by atomic mass is 10.1. The third kappa shape index (κ3) is 3.24. The van der Waals surface area contributed by atoms with Crippen molar-refractivity contribution in [1.29, 1.82) is 0 Å². The highest BCUT2D eigenvalue weighted by molar-refractivity contribution is 5.98. The van der Waals surface area contributed by atoms with Crippen LogP contribution < -0.4 is 5.32 Å². The van der Waals surface area contributed by atoms with Crippen LogP contribution in [-0.2, 0) is 0 Å². The van der Waals surface area contributed by atoms with Gasteiger partial charge in [-0.05, 0) is 26.0 Å². The van der Waals surface area contributed by atoms with Gasteiger partial charge in [-0.2, -0.15) is 0 Å². The molecule has 0 fully saturated rings. The Balaban J connectivity index is 3.14. The quantitative estimate of drug-likeness (QED) is 0.624. The van der Waals surface area contributed by atoms with Crippen LogP contribution in [0.2, 0.25) is 0 Å². The van der Waals surface area contributed by atoms with Gasteiger partial charge in [0.1, 0.15) is 11.4 Å². The number of amides is 1. The van der Waals surface area contributed by atoms with E-state index in [2.05, 4.69) is 5.32 Å².